The van der Waals surface area contributed by atoms with Crippen molar-refractivity contribution in [2.45, 2.75) is 31.0 Å². The molecule has 1 heterocycles. The Kier molecular flexibility index (Phi) is 2.63. The monoisotopic (exact) mass is 178 g/mol. The van der Waals surface area contributed by atoms with E-state index in [1.54, 1.807) is 0 Å². The van der Waals surface area contributed by atoms with Crippen molar-refractivity contribution in [3.63, 3.8) is 0 Å². The van der Waals surface area contributed by atoms with Gasteiger partial charge in [-0.15, -0.1) is 0 Å². The lowest BCUT2D eigenvalue weighted by Gasteiger charge is -2.10. The Balaban J connectivity index is 2.52. The molecule has 1 aliphatic heterocycles. The minimum absolute atomic E-state index is 0.435. The van der Waals surface area contributed by atoms with E-state index in [0.29, 0.717) is 0 Å². The number of carboxylic acids is 1. The highest BCUT2D eigenvalue weighted by Gasteiger charge is 2.42. The third kappa shape index (κ3) is 1.72. The summed E-state index contributed by atoms with van der Waals surface area (Å²) in [4.78, 5) is 10.2. The number of rotatable bonds is 2. The molecule has 0 aromatic carbocycles. The number of carboxylic acid groups (broad SMARTS) is 1. The summed E-state index contributed by atoms with van der Waals surface area (Å²) in [7, 11) is 0. The fourth-order valence-electron chi connectivity index (χ4n) is 1.07. The number of hydrogen-bond donors (Lipinski definition) is 4. The Morgan fingerprint density at radius 3 is 2.17 bits per heavy atom. The zero-order chi connectivity index (χ0) is 9.30. The molecule has 4 atom stereocenters. The van der Waals surface area contributed by atoms with Crippen LogP contribution in [0.15, 0.2) is 0 Å². The SMILES string of the molecule is O=C(O)C[C@H]1OC(O)[C@H](O)[C@H]1O. The maximum Gasteiger partial charge on any atom is 0.306 e. The molecule has 0 saturated carbocycles. The molecule has 4 N–H and O–H groups in total. The Bertz CT molecular complexity index is 181. The molecular formula is C6H10O6. The van der Waals surface area contributed by atoms with E-state index in [4.69, 9.17) is 20.4 Å². The van der Waals surface area contributed by atoms with E-state index in [-0.39, 0.29) is 0 Å². The highest BCUT2D eigenvalue weighted by Crippen LogP contribution is 2.21. The molecule has 6 nitrogen and oxygen atoms in total. The van der Waals surface area contributed by atoms with E-state index in [0.717, 1.165) is 0 Å². The van der Waals surface area contributed by atoms with Gasteiger partial charge >= 0.3 is 5.97 Å². The van der Waals surface area contributed by atoms with Gasteiger partial charge in [0.25, 0.3) is 0 Å². The van der Waals surface area contributed by atoms with Gasteiger partial charge in [0.2, 0.25) is 0 Å². The van der Waals surface area contributed by atoms with Crippen molar-refractivity contribution in [1.29, 1.82) is 0 Å². The van der Waals surface area contributed by atoms with E-state index >= 15 is 0 Å². The van der Waals surface area contributed by atoms with Crippen LogP contribution in [0.4, 0.5) is 0 Å². The minimum Gasteiger partial charge on any atom is -0.481 e. The van der Waals surface area contributed by atoms with Gasteiger partial charge in [0, 0.05) is 0 Å². The molecule has 0 radical (unpaired) electrons. The van der Waals surface area contributed by atoms with Crippen LogP contribution in [0.2, 0.25) is 0 Å². The van der Waals surface area contributed by atoms with Gasteiger partial charge in [0.05, 0.1) is 12.5 Å². The molecule has 1 rings (SSSR count). The van der Waals surface area contributed by atoms with Crippen LogP contribution in [0.5, 0.6) is 0 Å². The van der Waals surface area contributed by atoms with Gasteiger partial charge in [-0.1, -0.05) is 0 Å². The largest absolute Gasteiger partial charge is 0.481 e. The number of aliphatic hydroxyl groups is 3. The Labute approximate surface area is 68.0 Å². The molecule has 1 fully saturated rings. The van der Waals surface area contributed by atoms with Crippen LogP contribution in [0.3, 0.4) is 0 Å². The summed E-state index contributed by atoms with van der Waals surface area (Å²) in [5, 5.41) is 35.1. The number of aliphatic hydroxyl groups excluding tert-OH is 3. The lowest BCUT2D eigenvalue weighted by atomic mass is 10.1. The van der Waals surface area contributed by atoms with Gasteiger partial charge in [-0.05, 0) is 0 Å². The van der Waals surface area contributed by atoms with Crippen molar-refractivity contribution >= 4 is 5.97 Å². The molecule has 0 aromatic rings. The molecule has 0 aromatic heterocycles. The van der Waals surface area contributed by atoms with Gasteiger partial charge in [-0.3, -0.25) is 4.79 Å². The van der Waals surface area contributed by atoms with E-state index in [1.807, 2.05) is 0 Å². The zero-order valence-electron chi connectivity index (χ0n) is 6.12. The van der Waals surface area contributed by atoms with Crippen LogP contribution in [-0.2, 0) is 9.53 Å². The molecule has 0 amide bonds. The van der Waals surface area contributed by atoms with Gasteiger partial charge in [0.1, 0.15) is 12.2 Å². The lowest BCUT2D eigenvalue weighted by molar-refractivity contribution is -0.148. The van der Waals surface area contributed by atoms with Crippen LogP contribution in [0.25, 0.3) is 0 Å². The van der Waals surface area contributed by atoms with Gasteiger partial charge < -0.3 is 25.2 Å². The fraction of sp³-hybridized carbons (Fsp3) is 0.833. The van der Waals surface area contributed by atoms with Crippen molar-refractivity contribution in [1.82, 2.24) is 0 Å². The molecule has 1 saturated heterocycles. The first kappa shape index (κ1) is 9.40. The molecule has 1 unspecified atom stereocenters. The third-order valence-corrected chi connectivity index (χ3v) is 1.71. The number of hydrogen-bond acceptors (Lipinski definition) is 5. The van der Waals surface area contributed by atoms with Crippen LogP contribution in [-0.4, -0.2) is 51.0 Å². The number of ether oxygens (including phenoxy) is 1. The fourth-order valence-corrected chi connectivity index (χ4v) is 1.07. The van der Waals surface area contributed by atoms with E-state index in [1.165, 1.54) is 0 Å². The van der Waals surface area contributed by atoms with Crippen molar-refractivity contribution in [2.24, 2.45) is 0 Å². The molecule has 0 spiro atoms. The Morgan fingerprint density at radius 2 is 1.83 bits per heavy atom. The van der Waals surface area contributed by atoms with E-state index in [2.05, 4.69) is 4.74 Å². The second-order valence-electron chi connectivity index (χ2n) is 2.64. The Morgan fingerprint density at radius 1 is 1.25 bits per heavy atom. The summed E-state index contributed by atoms with van der Waals surface area (Å²) in [6.45, 7) is 0. The van der Waals surface area contributed by atoms with Crippen LogP contribution in [0, 0.1) is 0 Å². The number of aliphatic carboxylic acids is 1. The smallest absolute Gasteiger partial charge is 0.306 e. The van der Waals surface area contributed by atoms with Crippen molar-refractivity contribution in [3.8, 4) is 0 Å². The first-order chi connectivity index (χ1) is 5.52. The van der Waals surface area contributed by atoms with E-state index in [9.17, 15) is 4.79 Å². The van der Waals surface area contributed by atoms with Crippen LogP contribution >= 0.6 is 0 Å². The normalized spacial score (nSPS) is 41.6. The lowest BCUT2D eigenvalue weighted by Crippen LogP contribution is -2.33. The molecule has 1 aliphatic rings. The molecule has 12 heavy (non-hydrogen) atoms. The molecule has 0 aliphatic carbocycles. The summed E-state index contributed by atoms with van der Waals surface area (Å²) >= 11 is 0. The molecule has 6 heteroatoms. The predicted molar refractivity (Wildman–Crippen MR) is 35.1 cm³/mol. The summed E-state index contributed by atoms with van der Waals surface area (Å²) in [6, 6.07) is 0. The highest BCUT2D eigenvalue weighted by molar-refractivity contribution is 5.67. The van der Waals surface area contributed by atoms with Gasteiger partial charge in [-0.25, -0.2) is 0 Å². The zero-order valence-corrected chi connectivity index (χ0v) is 6.12. The summed E-state index contributed by atoms with van der Waals surface area (Å²) < 4.78 is 4.57. The van der Waals surface area contributed by atoms with Crippen molar-refractivity contribution in [3.05, 3.63) is 0 Å². The second-order valence-corrected chi connectivity index (χ2v) is 2.64. The average molecular weight is 178 g/mol. The minimum atomic E-state index is -1.50. The summed E-state index contributed by atoms with van der Waals surface area (Å²) in [5.74, 6) is -1.15. The average Bonchev–Trinajstić information content (AvgIpc) is 2.17. The molecule has 0 bridgehead atoms. The standard InChI is InChI=1S/C6H10O6/c7-3(8)1-2-4(9)5(10)6(11)12-2/h2,4-6,9-11H,1H2,(H,7,8)/t2-,4+,5-,6?/m1/s1. The second kappa shape index (κ2) is 3.36. The maximum absolute atomic E-state index is 10.2. The topological polar surface area (TPSA) is 107 Å². The first-order valence-corrected chi connectivity index (χ1v) is 3.44. The maximum atomic E-state index is 10.2. The van der Waals surface area contributed by atoms with Crippen LogP contribution < -0.4 is 0 Å². The quantitative estimate of drug-likeness (QED) is 0.386. The predicted octanol–water partition coefficient (Wildman–Crippen LogP) is -2.10. The molecular weight excluding hydrogens is 168 g/mol. The highest BCUT2D eigenvalue weighted by atomic mass is 16.6. The van der Waals surface area contributed by atoms with Crippen molar-refractivity contribution in [2.75, 3.05) is 0 Å². The van der Waals surface area contributed by atoms with Crippen molar-refractivity contribution < 1.29 is 30.0 Å². The van der Waals surface area contributed by atoms with Gasteiger partial charge in [0.15, 0.2) is 6.29 Å². The van der Waals surface area contributed by atoms with Gasteiger partial charge in [-0.2, -0.15) is 0 Å². The summed E-state index contributed by atoms with van der Waals surface area (Å²) in [6.07, 6.45) is -5.72. The number of carbonyl (C=O) groups is 1. The summed E-state index contributed by atoms with van der Waals surface area (Å²) in [5.41, 5.74) is 0. The molecule has 70 valence electrons. The first-order valence-electron chi connectivity index (χ1n) is 3.44. The Hall–Kier alpha value is -0.690. The van der Waals surface area contributed by atoms with Crippen LogP contribution in [0.1, 0.15) is 6.42 Å². The van der Waals surface area contributed by atoms with E-state index < -0.39 is 37.0 Å². The third-order valence-electron chi connectivity index (χ3n) is 1.71.